The Kier molecular flexibility index (Phi) is 3.86. The summed E-state index contributed by atoms with van der Waals surface area (Å²) in [7, 11) is -3.79. The van der Waals surface area contributed by atoms with Crippen LogP contribution in [0, 0.1) is 12.3 Å². The molecule has 1 saturated carbocycles. The van der Waals surface area contributed by atoms with Crippen LogP contribution in [0.1, 0.15) is 24.8 Å². The highest BCUT2D eigenvalue weighted by atomic mass is 32.2. The molecule has 5 N–H and O–H groups in total. The normalized spacial score (nSPS) is 17.4. The van der Waals surface area contributed by atoms with E-state index >= 15 is 0 Å². The lowest BCUT2D eigenvalue weighted by Crippen LogP contribution is -2.47. The maximum absolute atomic E-state index is 12.3. The van der Waals surface area contributed by atoms with Gasteiger partial charge in [0.1, 0.15) is 0 Å². The van der Waals surface area contributed by atoms with E-state index in [0.29, 0.717) is 12.2 Å². The molecule has 6 nitrogen and oxygen atoms in total. The molecule has 0 unspecified atom stereocenters. The quantitative estimate of drug-likeness (QED) is 0.759. The minimum atomic E-state index is -3.79. The van der Waals surface area contributed by atoms with E-state index in [1.807, 2.05) is 0 Å². The van der Waals surface area contributed by atoms with Crippen LogP contribution in [0.2, 0.25) is 0 Å². The molecule has 1 aliphatic carbocycles. The van der Waals surface area contributed by atoms with Crippen LogP contribution in [-0.4, -0.2) is 20.9 Å². The largest absolute Gasteiger partial charge is 0.329 e. The van der Waals surface area contributed by atoms with E-state index in [0.717, 1.165) is 24.8 Å². The highest BCUT2D eigenvalue weighted by molar-refractivity contribution is 7.89. The summed E-state index contributed by atoms with van der Waals surface area (Å²) in [6, 6.07) is 4.42. The first-order chi connectivity index (χ1) is 9.28. The molecule has 1 aromatic rings. The van der Waals surface area contributed by atoms with E-state index in [-0.39, 0.29) is 10.8 Å². The summed E-state index contributed by atoms with van der Waals surface area (Å²) in [5.41, 5.74) is 6.41. The predicted octanol–water partition coefficient (Wildman–Crippen LogP) is 0.710. The molecule has 0 radical (unpaired) electrons. The number of rotatable bonds is 4. The maximum atomic E-state index is 12.3. The molecular formula is C13H19N3O3S. The number of hydrogen-bond acceptors (Lipinski definition) is 4. The van der Waals surface area contributed by atoms with Gasteiger partial charge in [0.05, 0.1) is 10.3 Å². The van der Waals surface area contributed by atoms with Gasteiger partial charge in [-0.3, -0.25) is 4.79 Å². The fourth-order valence-corrected chi connectivity index (χ4v) is 2.83. The van der Waals surface area contributed by atoms with Gasteiger partial charge in [0.25, 0.3) is 0 Å². The second kappa shape index (κ2) is 5.16. The van der Waals surface area contributed by atoms with Gasteiger partial charge in [-0.2, -0.15) is 0 Å². The van der Waals surface area contributed by atoms with Crippen molar-refractivity contribution >= 4 is 21.6 Å². The number of nitrogens with two attached hydrogens (primary N) is 2. The zero-order valence-corrected chi connectivity index (χ0v) is 12.2. The van der Waals surface area contributed by atoms with Crippen molar-refractivity contribution in [2.45, 2.75) is 31.1 Å². The van der Waals surface area contributed by atoms with Gasteiger partial charge < -0.3 is 11.1 Å². The summed E-state index contributed by atoms with van der Waals surface area (Å²) < 4.78 is 22.7. The fourth-order valence-electron chi connectivity index (χ4n) is 2.30. The molecule has 2 rings (SSSR count). The summed E-state index contributed by atoms with van der Waals surface area (Å²) >= 11 is 0. The molecule has 1 fully saturated rings. The van der Waals surface area contributed by atoms with E-state index < -0.39 is 15.4 Å². The second-order valence-electron chi connectivity index (χ2n) is 5.31. The number of aryl methyl sites for hydroxylation is 1. The van der Waals surface area contributed by atoms with Crippen LogP contribution < -0.4 is 16.2 Å². The van der Waals surface area contributed by atoms with Crippen molar-refractivity contribution in [1.82, 2.24) is 0 Å². The van der Waals surface area contributed by atoms with Gasteiger partial charge in [0.2, 0.25) is 15.9 Å². The Morgan fingerprint density at radius 2 is 2.05 bits per heavy atom. The van der Waals surface area contributed by atoms with Crippen molar-refractivity contribution < 1.29 is 13.2 Å². The zero-order valence-electron chi connectivity index (χ0n) is 11.3. The molecule has 0 bridgehead atoms. The number of nitrogens with one attached hydrogen (secondary N) is 1. The smallest absolute Gasteiger partial charge is 0.238 e. The third kappa shape index (κ3) is 2.70. The van der Waals surface area contributed by atoms with Crippen molar-refractivity contribution in [2.24, 2.45) is 16.3 Å². The Labute approximate surface area is 118 Å². The zero-order chi connectivity index (χ0) is 15.0. The maximum Gasteiger partial charge on any atom is 0.238 e. The topological polar surface area (TPSA) is 115 Å². The third-order valence-corrected chi connectivity index (χ3v) is 4.88. The molecule has 20 heavy (non-hydrogen) atoms. The van der Waals surface area contributed by atoms with Gasteiger partial charge in [-0.25, -0.2) is 13.6 Å². The molecule has 110 valence electrons. The minimum absolute atomic E-state index is 0.0196. The Balaban J connectivity index is 2.27. The number of benzene rings is 1. The van der Waals surface area contributed by atoms with E-state index in [1.165, 1.54) is 12.1 Å². The average Bonchev–Trinajstić information content (AvgIpc) is 2.29. The third-order valence-electron chi connectivity index (χ3n) is 3.97. The first-order valence-corrected chi connectivity index (χ1v) is 7.98. The Morgan fingerprint density at radius 3 is 2.50 bits per heavy atom. The van der Waals surface area contributed by atoms with Gasteiger partial charge in [-0.1, -0.05) is 12.5 Å². The lowest BCUT2D eigenvalue weighted by molar-refractivity contribution is -0.129. The predicted molar refractivity (Wildman–Crippen MR) is 76.5 cm³/mol. The standard InChI is InChI=1S/C13H19N3O3S/c1-9-3-4-10(20(15,18)19)7-11(9)16-12(17)13(8-14)5-2-6-13/h3-4,7H,2,5-6,8,14H2,1H3,(H,16,17)(H2,15,18,19). The van der Waals surface area contributed by atoms with Crippen LogP contribution in [-0.2, 0) is 14.8 Å². The SMILES string of the molecule is Cc1ccc(S(N)(=O)=O)cc1NC(=O)C1(CN)CCC1. The van der Waals surface area contributed by atoms with Gasteiger partial charge in [-0.15, -0.1) is 0 Å². The number of hydrogen-bond donors (Lipinski definition) is 3. The van der Waals surface area contributed by atoms with Gasteiger partial charge in [0, 0.05) is 12.2 Å². The summed E-state index contributed by atoms with van der Waals surface area (Å²) in [5, 5.41) is 7.87. The van der Waals surface area contributed by atoms with Crippen molar-refractivity contribution in [2.75, 3.05) is 11.9 Å². The highest BCUT2D eigenvalue weighted by Gasteiger charge is 2.42. The molecule has 1 amide bonds. The number of amides is 1. The van der Waals surface area contributed by atoms with E-state index in [1.54, 1.807) is 13.0 Å². The van der Waals surface area contributed by atoms with Crippen molar-refractivity contribution in [3.63, 3.8) is 0 Å². The van der Waals surface area contributed by atoms with Crippen molar-refractivity contribution in [1.29, 1.82) is 0 Å². The molecule has 0 atom stereocenters. The molecule has 0 heterocycles. The van der Waals surface area contributed by atoms with Crippen LogP contribution >= 0.6 is 0 Å². The fraction of sp³-hybridized carbons (Fsp3) is 0.462. The number of carbonyl (C=O) groups is 1. The summed E-state index contributed by atoms with van der Waals surface area (Å²) in [6.45, 7) is 2.09. The van der Waals surface area contributed by atoms with Crippen molar-refractivity contribution in [3.05, 3.63) is 23.8 Å². The number of primary sulfonamides is 1. The molecule has 0 saturated heterocycles. The van der Waals surface area contributed by atoms with E-state index in [2.05, 4.69) is 5.32 Å². The van der Waals surface area contributed by atoms with Crippen LogP contribution in [0.5, 0.6) is 0 Å². The summed E-state index contributed by atoms with van der Waals surface area (Å²) in [6.07, 6.45) is 2.52. The van der Waals surface area contributed by atoms with Crippen LogP contribution in [0.3, 0.4) is 0 Å². The Morgan fingerprint density at radius 1 is 1.40 bits per heavy atom. The monoisotopic (exact) mass is 297 g/mol. The lowest BCUT2D eigenvalue weighted by atomic mass is 9.68. The lowest BCUT2D eigenvalue weighted by Gasteiger charge is -2.39. The van der Waals surface area contributed by atoms with Crippen LogP contribution in [0.4, 0.5) is 5.69 Å². The first kappa shape index (κ1) is 15.0. The van der Waals surface area contributed by atoms with Gasteiger partial charge >= 0.3 is 0 Å². The molecule has 0 aliphatic heterocycles. The summed E-state index contributed by atoms with van der Waals surface area (Å²) in [5.74, 6) is -0.152. The Bertz CT molecular complexity index is 631. The van der Waals surface area contributed by atoms with Crippen LogP contribution in [0.25, 0.3) is 0 Å². The van der Waals surface area contributed by atoms with Gasteiger partial charge in [0.15, 0.2) is 0 Å². The molecule has 1 aliphatic rings. The highest BCUT2D eigenvalue weighted by Crippen LogP contribution is 2.41. The number of carbonyl (C=O) groups excluding carboxylic acids is 1. The molecule has 0 spiro atoms. The van der Waals surface area contributed by atoms with Gasteiger partial charge in [-0.05, 0) is 37.5 Å². The Hall–Kier alpha value is -1.44. The van der Waals surface area contributed by atoms with Crippen LogP contribution in [0.15, 0.2) is 23.1 Å². The number of anilines is 1. The molecule has 1 aromatic carbocycles. The second-order valence-corrected chi connectivity index (χ2v) is 6.88. The summed E-state index contributed by atoms with van der Waals surface area (Å²) in [4.78, 5) is 12.3. The van der Waals surface area contributed by atoms with E-state index in [9.17, 15) is 13.2 Å². The first-order valence-electron chi connectivity index (χ1n) is 6.43. The van der Waals surface area contributed by atoms with Crippen molar-refractivity contribution in [3.8, 4) is 0 Å². The molecule has 7 heteroatoms. The number of sulfonamides is 1. The minimum Gasteiger partial charge on any atom is -0.329 e. The average molecular weight is 297 g/mol. The van der Waals surface area contributed by atoms with E-state index in [4.69, 9.17) is 10.9 Å². The molecule has 0 aromatic heterocycles. The molecular weight excluding hydrogens is 278 g/mol.